The van der Waals surface area contributed by atoms with Crippen LogP contribution >= 0.6 is 0 Å². The van der Waals surface area contributed by atoms with Gasteiger partial charge < -0.3 is 10.4 Å². The molecule has 5 nitrogen and oxygen atoms in total. The van der Waals surface area contributed by atoms with Crippen LogP contribution in [-0.2, 0) is 11.8 Å². The molecule has 5 heteroatoms. The van der Waals surface area contributed by atoms with Gasteiger partial charge in [0.05, 0.1) is 18.3 Å². The Kier molecular flexibility index (Phi) is 5.09. The van der Waals surface area contributed by atoms with Gasteiger partial charge in [-0.15, -0.1) is 0 Å². The van der Waals surface area contributed by atoms with E-state index < -0.39 is 0 Å². The van der Waals surface area contributed by atoms with Crippen LogP contribution in [0.5, 0.6) is 0 Å². The standard InChI is InChI=1S/C13H21N3O2/c1-5-11(8-17)14-13(18)7-6-12-9(2)15-16(4)10(12)3/h6-7,11,17H,5,8H2,1-4H3,(H,14,18)/b7-6+/t11-/m1/s1. The van der Waals surface area contributed by atoms with Crippen molar-refractivity contribution in [2.24, 2.45) is 7.05 Å². The second-order valence-corrected chi connectivity index (χ2v) is 4.34. The van der Waals surface area contributed by atoms with Crippen molar-refractivity contribution < 1.29 is 9.90 Å². The Hall–Kier alpha value is -1.62. The second-order valence-electron chi connectivity index (χ2n) is 4.34. The third-order valence-electron chi connectivity index (χ3n) is 3.03. The van der Waals surface area contributed by atoms with Crippen LogP contribution in [-0.4, -0.2) is 33.4 Å². The van der Waals surface area contributed by atoms with E-state index in [0.717, 1.165) is 17.0 Å². The van der Waals surface area contributed by atoms with E-state index in [4.69, 9.17) is 5.11 Å². The van der Waals surface area contributed by atoms with Crippen LogP contribution in [0.1, 0.15) is 30.3 Å². The maximum absolute atomic E-state index is 11.6. The van der Waals surface area contributed by atoms with E-state index in [2.05, 4.69) is 10.4 Å². The SMILES string of the molecule is CC[C@H](CO)NC(=O)/C=C/c1c(C)nn(C)c1C. The first-order valence-electron chi connectivity index (χ1n) is 6.09. The highest BCUT2D eigenvalue weighted by atomic mass is 16.3. The number of carbonyl (C=O) groups excluding carboxylic acids is 1. The zero-order chi connectivity index (χ0) is 13.7. The normalized spacial score (nSPS) is 12.9. The van der Waals surface area contributed by atoms with Gasteiger partial charge in [0.1, 0.15) is 0 Å². The van der Waals surface area contributed by atoms with Crippen LogP contribution in [0.15, 0.2) is 6.08 Å². The molecule has 0 saturated heterocycles. The van der Waals surface area contributed by atoms with Crippen LogP contribution in [0, 0.1) is 13.8 Å². The molecule has 0 fully saturated rings. The first-order valence-corrected chi connectivity index (χ1v) is 6.09. The lowest BCUT2D eigenvalue weighted by Gasteiger charge is -2.11. The molecule has 0 aromatic carbocycles. The van der Waals surface area contributed by atoms with E-state index in [-0.39, 0.29) is 18.6 Å². The van der Waals surface area contributed by atoms with Crippen LogP contribution < -0.4 is 5.32 Å². The number of aliphatic hydroxyl groups is 1. The summed E-state index contributed by atoms with van der Waals surface area (Å²) in [5.74, 6) is -0.196. The van der Waals surface area contributed by atoms with Gasteiger partial charge in [0, 0.05) is 24.4 Å². The van der Waals surface area contributed by atoms with E-state index in [1.54, 1.807) is 10.8 Å². The maximum Gasteiger partial charge on any atom is 0.244 e. The smallest absolute Gasteiger partial charge is 0.244 e. The Bertz CT molecular complexity index is 445. The minimum Gasteiger partial charge on any atom is -0.394 e. The molecule has 18 heavy (non-hydrogen) atoms. The van der Waals surface area contributed by atoms with Gasteiger partial charge in [0.25, 0.3) is 0 Å². The maximum atomic E-state index is 11.6. The molecule has 0 saturated carbocycles. The van der Waals surface area contributed by atoms with Crippen LogP contribution in [0.25, 0.3) is 6.08 Å². The van der Waals surface area contributed by atoms with Gasteiger partial charge >= 0.3 is 0 Å². The first-order chi connectivity index (χ1) is 8.49. The molecule has 1 amide bonds. The highest BCUT2D eigenvalue weighted by Crippen LogP contribution is 2.13. The highest BCUT2D eigenvalue weighted by molar-refractivity contribution is 5.92. The predicted octanol–water partition coefficient (Wildman–Crippen LogP) is 0.937. The summed E-state index contributed by atoms with van der Waals surface area (Å²) in [6, 6.07) is -0.182. The van der Waals surface area contributed by atoms with Crippen LogP contribution in [0.4, 0.5) is 0 Å². The lowest BCUT2D eigenvalue weighted by Crippen LogP contribution is -2.35. The minimum atomic E-state index is -0.196. The molecule has 0 unspecified atom stereocenters. The fourth-order valence-corrected chi connectivity index (χ4v) is 1.72. The fourth-order valence-electron chi connectivity index (χ4n) is 1.72. The van der Waals surface area contributed by atoms with E-state index in [1.807, 2.05) is 27.8 Å². The molecule has 0 aliphatic heterocycles. The Morgan fingerprint density at radius 1 is 1.56 bits per heavy atom. The third kappa shape index (κ3) is 3.43. The van der Waals surface area contributed by atoms with Gasteiger partial charge in [-0.05, 0) is 26.3 Å². The molecule has 1 atom stereocenters. The number of rotatable bonds is 5. The molecule has 0 spiro atoms. The zero-order valence-corrected chi connectivity index (χ0v) is 11.4. The monoisotopic (exact) mass is 251 g/mol. The average Bonchev–Trinajstić information content (AvgIpc) is 2.58. The predicted molar refractivity (Wildman–Crippen MR) is 71.0 cm³/mol. The van der Waals surface area contributed by atoms with Gasteiger partial charge in [-0.1, -0.05) is 6.92 Å². The number of nitrogens with zero attached hydrogens (tertiary/aromatic N) is 2. The Balaban J connectivity index is 2.72. The topological polar surface area (TPSA) is 67.2 Å². The summed E-state index contributed by atoms with van der Waals surface area (Å²) in [4.78, 5) is 11.6. The van der Waals surface area contributed by atoms with Crippen molar-refractivity contribution in [1.29, 1.82) is 0 Å². The fraction of sp³-hybridized carbons (Fsp3) is 0.538. The number of hydrogen-bond acceptors (Lipinski definition) is 3. The summed E-state index contributed by atoms with van der Waals surface area (Å²) in [5.41, 5.74) is 2.88. The number of carbonyl (C=O) groups is 1. The van der Waals surface area contributed by atoms with Gasteiger partial charge in [0.2, 0.25) is 5.91 Å². The Morgan fingerprint density at radius 3 is 2.67 bits per heavy atom. The molecular formula is C13H21N3O2. The lowest BCUT2D eigenvalue weighted by atomic mass is 10.2. The molecule has 1 aromatic heterocycles. The Labute approximate surface area is 108 Å². The second kappa shape index (κ2) is 6.35. The summed E-state index contributed by atoms with van der Waals surface area (Å²) >= 11 is 0. The molecule has 1 rings (SSSR count). The van der Waals surface area contributed by atoms with Crippen molar-refractivity contribution in [3.05, 3.63) is 23.0 Å². The molecule has 2 N–H and O–H groups in total. The molecule has 1 aromatic rings. The van der Waals surface area contributed by atoms with E-state index in [0.29, 0.717) is 6.42 Å². The molecular weight excluding hydrogens is 230 g/mol. The van der Waals surface area contributed by atoms with Crippen molar-refractivity contribution in [1.82, 2.24) is 15.1 Å². The number of amides is 1. The molecule has 100 valence electrons. The number of hydrogen-bond donors (Lipinski definition) is 2. The average molecular weight is 251 g/mol. The summed E-state index contributed by atoms with van der Waals surface area (Å²) in [6.45, 7) is 5.74. The third-order valence-corrected chi connectivity index (χ3v) is 3.03. The van der Waals surface area contributed by atoms with Gasteiger partial charge in [0.15, 0.2) is 0 Å². The minimum absolute atomic E-state index is 0.0406. The summed E-state index contributed by atoms with van der Waals surface area (Å²) < 4.78 is 1.79. The van der Waals surface area contributed by atoms with Crippen molar-refractivity contribution in [3.8, 4) is 0 Å². The van der Waals surface area contributed by atoms with Crippen molar-refractivity contribution in [2.75, 3.05) is 6.61 Å². The summed E-state index contributed by atoms with van der Waals surface area (Å²) in [5, 5.41) is 16.0. The van der Waals surface area contributed by atoms with Crippen molar-refractivity contribution >= 4 is 12.0 Å². The number of nitrogens with one attached hydrogen (secondary N) is 1. The molecule has 0 radical (unpaired) electrons. The van der Waals surface area contributed by atoms with Crippen LogP contribution in [0.3, 0.4) is 0 Å². The van der Waals surface area contributed by atoms with Gasteiger partial charge in [-0.25, -0.2) is 0 Å². The number of aryl methyl sites for hydroxylation is 2. The quantitative estimate of drug-likeness (QED) is 0.765. The van der Waals surface area contributed by atoms with Gasteiger partial charge in [-0.3, -0.25) is 9.48 Å². The number of aromatic nitrogens is 2. The van der Waals surface area contributed by atoms with E-state index in [9.17, 15) is 4.79 Å². The van der Waals surface area contributed by atoms with Crippen molar-refractivity contribution in [3.63, 3.8) is 0 Å². The molecule has 0 aliphatic carbocycles. The van der Waals surface area contributed by atoms with E-state index in [1.165, 1.54) is 6.08 Å². The van der Waals surface area contributed by atoms with Crippen molar-refractivity contribution in [2.45, 2.75) is 33.2 Å². The Morgan fingerprint density at radius 2 is 2.22 bits per heavy atom. The first kappa shape index (κ1) is 14.4. The molecule has 1 heterocycles. The van der Waals surface area contributed by atoms with E-state index >= 15 is 0 Å². The zero-order valence-electron chi connectivity index (χ0n) is 11.4. The van der Waals surface area contributed by atoms with Gasteiger partial charge in [-0.2, -0.15) is 5.10 Å². The molecule has 0 aliphatic rings. The highest BCUT2D eigenvalue weighted by Gasteiger charge is 2.08. The largest absolute Gasteiger partial charge is 0.394 e. The summed E-state index contributed by atoms with van der Waals surface area (Å²) in [6.07, 6.45) is 3.95. The lowest BCUT2D eigenvalue weighted by molar-refractivity contribution is -0.117. The van der Waals surface area contributed by atoms with Crippen LogP contribution in [0.2, 0.25) is 0 Å². The summed E-state index contributed by atoms with van der Waals surface area (Å²) in [7, 11) is 1.87. The molecule has 0 bridgehead atoms. The number of aliphatic hydroxyl groups excluding tert-OH is 1.